The van der Waals surface area contributed by atoms with Gasteiger partial charge in [-0.1, -0.05) is 6.07 Å². The Hall–Kier alpha value is -2.18. The minimum atomic E-state index is 0.723. The summed E-state index contributed by atoms with van der Waals surface area (Å²) in [6.07, 6.45) is 6.38. The highest BCUT2D eigenvalue weighted by atomic mass is 16.5. The van der Waals surface area contributed by atoms with Gasteiger partial charge in [-0.25, -0.2) is 9.97 Å². The van der Waals surface area contributed by atoms with Gasteiger partial charge in [0.05, 0.1) is 30.8 Å². The molecule has 3 heterocycles. The molecule has 0 amide bonds. The number of hydrogen-bond donors (Lipinski definition) is 0. The lowest BCUT2D eigenvalue weighted by Gasteiger charge is -2.32. The van der Waals surface area contributed by atoms with Gasteiger partial charge in [-0.05, 0) is 37.6 Å². The summed E-state index contributed by atoms with van der Waals surface area (Å²) in [4.78, 5) is 16.4. The van der Waals surface area contributed by atoms with E-state index in [4.69, 9.17) is 4.74 Å². The average Bonchev–Trinajstić information content (AvgIpc) is 3.25. The molecule has 144 valence electrons. The van der Waals surface area contributed by atoms with Crippen molar-refractivity contribution < 1.29 is 4.74 Å². The largest absolute Gasteiger partial charge is 0.496 e. The molecule has 0 spiro atoms. The number of nitrogens with zero attached hydrogens (tertiary/aromatic N) is 5. The maximum Gasteiger partial charge on any atom is 0.163 e. The van der Waals surface area contributed by atoms with Crippen molar-refractivity contribution in [3.63, 3.8) is 0 Å². The van der Waals surface area contributed by atoms with Gasteiger partial charge in [0.15, 0.2) is 5.82 Å². The van der Waals surface area contributed by atoms with Crippen molar-refractivity contribution in [1.82, 2.24) is 19.8 Å². The van der Waals surface area contributed by atoms with Crippen LogP contribution in [0.15, 0.2) is 30.6 Å². The summed E-state index contributed by atoms with van der Waals surface area (Å²) in [5, 5.41) is 0. The van der Waals surface area contributed by atoms with Gasteiger partial charge in [0.2, 0.25) is 0 Å². The first-order valence-corrected chi connectivity index (χ1v) is 9.88. The normalized spacial score (nSPS) is 18.8. The molecule has 6 heteroatoms. The highest BCUT2D eigenvalue weighted by Gasteiger charge is 2.17. The fourth-order valence-electron chi connectivity index (χ4n) is 3.88. The van der Waals surface area contributed by atoms with Crippen molar-refractivity contribution >= 4 is 5.69 Å². The minimum absolute atomic E-state index is 0.723. The number of hydrogen-bond acceptors (Lipinski definition) is 6. The van der Waals surface area contributed by atoms with E-state index in [0.29, 0.717) is 0 Å². The molecule has 2 aliphatic rings. The number of ether oxygens (including phenoxy) is 1. The Balaban J connectivity index is 1.49. The molecule has 6 nitrogen and oxygen atoms in total. The number of rotatable bonds is 5. The third-order valence-corrected chi connectivity index (χ3v) is 5.62. The lowest BCUT2D eigenvalue weighted by Crippen LogP contribution is -2.43. The molecule has 0 atom stereocenters. The van der Waals surface area contributed by atoms with Crippen molar-refractivity contribution in [3.05, 3.63) is 36.2 Å². The van der Waals surface area contributed by atoms with Gasteiger partial charge in [0.1, 0.15) is 5.75 Å². The number of likely N-dealkylation sites (N-methyl/N-ethyl adjacent to an activating group) is 1. The van der Waals surface area contributed by atoms with Crippen molar-refractivity contribution in [1.29, 1.82) is 0 Å². The highest BCUT2D eigenvalue weighted by Crippen LogP contribution is 2.30. The molecule has 0 bridgehead atoms. The quantitative estimate of drug-likeness (QED) is 0.809. The van der Waals surface area contributed by atoms with Gasteiger partial charge >= 0.3 is 0 Å². The number of piperazine rings is 1. The van der Waals surface area contributed by atoms with Crippen LogP contribution in [0.2, 0.25) is 0 Å². The fraction of sp³-hybridized carbons (Fsp3) is 0.524. The first-order chi connectivity index (χ1) is 13.2. The molecule has 2 aromatic rings. The zero-order chi connectivity index (χ0) is 18.6. The minimum Gasteiger partial charge on any atom is -0.496 e. The van der Waals surface area contributed by atoms with Gasteiger partial charge in [0.25, 0.3) is 0 Å². The molecule has 2 aliphatic heterocycles. The number of aromatic nitrogens is 2. The lowest BCUT2D eigenvalue weighted by molar-refractivity contribution is 0.148. The lowest BCUT2D eigenvalue weighted by atomic mass is 10.1. The molecule has 4 rings (SSSR count). The summed E-state index contributed by atoms with van der Waals surface area (Å²) in [7, 11) is 3.90. The third kappa shape index (κ3) is 4.22. The van der Waals surface area contributed by atoms with E-state index < -0.39 is 0 Å². The second kappa shape index (κ2) is 8.23. The Kier molecular flexibility index (Phi) is 5.55. The van der Waals surface area contributed by atoms with Crippen LogP contribution in [-0.2, 0) is 6.54 Å². The molecule has 0 unspecified atom stereocenters. The maximum absolute atomic E-state index is 5.66. The molecule has 2 fully saturated rings. The fourth-order valence-corrected chi connectivity index (χ4v) is 3.88. The van der Waals surface area contributed by atoms with E-state index in [2.05, 4.69) is 49.9 Å². The molecule has 27 heavy (non-hydrogen) atoms. The van der Waals surface area contributed by atoms with E-state index in [1.807, 2.05) is 12.4 Å². The molecule has 2 saturated heterocycles. The number of methoxy groups -OCH3 is 1. The Bertz CT molecular complexity index is 750. The molecule has 0 saturated carbocycles. The zero-order valence-electron chi connectivity index (χ0n) is 16.4. The average molecular weight is 367 g/mol. The predicted molar refractivity (Wildman–Crippen MR) is 108 cm³/mol. The summed E-state index contributed by atoms with van der Waals surface area (Å²) >= 11 is 0. The van der Waals surface area contributed by atoms with Crippen LogP contribution in [0.25, 0.3) is 11.4 Å². The topological polar surface area (TPSA) is 44.7 Å². The van der Waals surface area contributed by atoms with Gasteiger partial charge < -0.3 is 14.5 Å². The van der Waals surface area contributed by atoms with Gasteiger partial charge in [-0.3, -0.25) is 4.90 Å². The Morgan fingerprint density at radius 1 is 0.963 bits per heavy atom. The molecule has 0 N–H and O–H groups in total. The van der Waals surface area contributed by atoms with Gasteiger partial charge in [0, 0.05) is 45.8 Å². The van der Waals surface area contributed by atoms with Crippen LogP contribution in [0.3, 0.4) is 0 Å². The molecule has 0 aliphatic carbocycles. The van der Waals surface area contributed by atoms with Crippen molar-refractivity contribution in [3.8, 4) is 17.1 Å². The van der Waals surface area contributed by atoms with Crippen LogP contribution in [0.1, 0.15) is 18.4 Å². The van der Waals surface area contributed by atoms with Crippen LogP contribution in [0.5, 0.6) is 5.75 Å². The third-order valence-electron chi connectivity index (χ3n) is 5.62. The summed E-state index contributed by atoms with van der Waals surface area (Å²) in [6.45, 7) is 7.65. The van der Waals surface area contributed by atoms with E-state index in [9.17, 15) is 0 Å². The van der Waals surface area contributed by atoms with Crippen LogP contribution in [0.4, 0.5) is 5.69 Å². The van der Waals surface area contributed by atoms with Crippen molar-refractivity contribution in [2.24, 2.45) is 0 Å². The van der Waals surface area contributed by atoms with Gasteiger partial charge in [-0.2, -0.15) is 0 Å². The standard InChI is InChI=1S/C21H29N5O/c1-24-9-11-25(12-10-24)16-17-5-6-19(20(13-17)27-2)21-22-14-18(15-23-21)26-7-3-4-8-26/h5-6,13-15H,3-4,7-12,16H2,1-2H3. The van der Waals surface area contributed by atoms with Crippen LogP contribution < -0.4 is 9.64 Å². The summed E-state index contributed by atoms with van der Waals surface area (Å²) in [5.41, 5.74) is 3.34. The van der Waals surface area contributed by atoms with Crippen LogP contribution in [-0.4, -0.2) is 73.2 Å². The first kappa shape index (κ1) is 18.2. The summed E-state index contributed by atoms with van der Waals surface area (Å²) in [5.74, 6) is 1.57. The van der Waals surface area contributed by atoms with Crippen LogP contribution in [0, 0.1) is 0 Å². The molecule has 1 aromatic carbocycles. The van der Waals surface area contributed by atoms with Crippen molar-refractivity contribution in [2.45, 2.75) is 19.4 Å². The van der Waals surface area contributed by atoms with E-state index in [-0.39, 0.29) is 0 Å². The maximum atomic E-state index is 5.66. The van der Waals surface area contributed by atoms with E-state index in [1.54, 1.807) is 7.11 Å². The monoisotopic (exact) mass is 367 g/mol. The zero-order valence-corrected chi connectivity index (χ0v) is 16.4. The summed E-state index contributed by atoms with van der Waals surface area (Å²) < 4.78 is 5.66. The van der Waals surface area contributed by atoms with E-state index in [0.717, 1.165) is 68.6 Å². The number of benzene rings is 1. The second-order valence-electron chi connectivity index (χ2n) is 7.57. The Morgan fingerprint density at radius 2 is 1.67 bits per heavy atom. The van der Waals surface area contributed by atoms with Crippen LogP contribution >= 0.6 is 0 Å². The number of anilines is 1. The molecule has 1 aromatic heterocycles. The van der Waals surface area contributed by atoms with Gasteiger partial charge in [-0.15, -0.1) is 0 Å². The van der Waals surface area contributed by atoms with Crippen molar-refractivity contribution in [2.75, 3.05) is 58.3 Å². The predicted octanol–water partition coefficient (Wildman–Crippen LogP) is 2.50. The molecular formula is C21H29N5O. The highest BCUT2D eigenvalue weighted by molar-refractivity contribution is 5.65. The Morgan fingerprint density at radius 3 is 2.33 bits per heavy atom. The molecular weight excluding hydrogens is 338 g/mol. The first-order valence-electron chi connectivity index (χ1n) is 9.88. The summed E-state index contributed by atoms with van der Waals surface area (Å²) in [6, 6.07) is 6.40. The van der Waals surface area contributed by atoms with E-state index in [1.165, 1.54) is 18.4 Å². The molecule has 0 radical (unpaired) electrons. The SMILES string of the molecule is COc1cc(CN2CCN(C)CC2)ccc1-c1ncc(N2CCCC2)cn1. The van der Waals surface area contributed by atoms with E-state index >= 15 is 0 Å². The Labute approximate surface area is 161 Å². The second-order valence-corrected chi connectivity index (χ2v) is 7.57. The smallest absolute Gasteiger partial charge is 0.163 e.